The van der Waals surface area contributed by atoms with E-state index in [9.17, 15) is 19.5 Å². The number of rotatable bonds is 1. The molecule has 22 heavy (non-hydrogen) atoms. The minimum Gasteiger partial charge on any atom is -0.392 e. The van der Waals surface area contributed by atoms with Crippen molar-refractivity contribution in [3.8, 4) is 0 Å². The summed E-state index contributed by atoms with van der Waals surface area (Å²) in [5, 5.41) is 13.1. The number of aromatic amines is 1. The lowest BCUT2D eigenvalue weighted by Gasteiger charge is -2.46. The standard InChI is InChI=1S/C14H18N4O4/c19-10-2-5-18(8-14(10)3-1-4-16-13(14)22)12(21)9-6-15-7-11(20)17-9/h6-7,10,19H,1-5,8H2,(H,16,22)(H,17,20)/t10-,14-/m1/s1. The Morgan fingerprint density at radius 2 is 2.23 bits per heavy atom. The fraction of sp³-hybridized carbons (Fsp3) is 0.571. The maximum Gasteiger partial charge on any atom is 0.272 e. The fourth-order valence-corrected chi connectivity index (χ4v) is 3.27. The van der Waals surface area contributed by atoms with E-state index in [2.05, 4.69) is 15.3 Å². The van der Waals surface area contributed by atoms with Crippen LogP contribution in [-0.2, 0) is 4.79 Å². The summed E-state index contributed by atoms with van der Waals surface area (Å²) < 4.78 is 0. The SMILES string of the molecule is O=C(c1cncc(=O)[nH]1)N1CC[C@@H](O)[C@@]2(CCCNC2=O)C1. The van der Waals surface area contributed by atoms with Crippen LogP contribution in [-0.4, -0.2) is 57.5 Å². The van der Waals surface area contributed by atoms with Crippen LogP contribution >= 0.6 is 0 Å². The molecule has 2 saturated heterocycles. The van der Waals surface area contributed by atoms with Gasteiger partial charge in [0.15, 0.2) is 0 Å². The number of hydrogen-bond donors (Lipinski definition) is 3. The maximum atomic E-state index is 12.5. The molecule has 1 spiro atoms. The Hall–Kier alpha value is -2.22. The summed E-state index contributed by atoms with van der Waals surface area (Å²) in [7, 11) is 0. The average molecular weight is 306 g/mol. The summed E-state index contributed by atoms with van der Waals surface area (Å²) in [6.07, 6.45) is 3.28. The van der Waals surface area contributed by atoms with Crippen LogP contribution in [0.3, 0.4) is 0 Å². The van der Waals surface area contributed by atoms with E-state index in [1.165, 1.54) is 11.1 Å². The Bertz CT molecular complexity index is 658. The Morgan fingerprint density at radius 3 is 2.95 bits per heavy atom. The van der Waals surface area contributed by atoms with Crippen LogP contribution in [0.15, 0.2) is 17.2 Å². The Morgan fingerprint density at radius 1 is 1.41 bits per heavy atom. The number of amides is 2. The molecule has 2 amide bonds. The molecule has 0 saturated carbocycles. The van der Waals surface area contributed by atoms with Gasteiger partial charge < -0.3 is 20.3 Å². The predicted octanol–water partition coefficient (Wildman–Crippen LogP) is -1.13. The third-order valence-electron chi connectivity index (χ3n) is 4.49. The number of nitrogens with zero attached hydrogens (tertiary/aromatic N) is 2. The molecule has 3 rings (SSSR count). The third kappa shape index (κ3) is 2.39. The normalized spacial score (nSPS) is 28.5. The van der Waals surface area contributed by atoms with Crippen molar-refractivity contribution < 1.29 is 14.7 Å². The van der Waals surface area contributed by atoms with E-state index in [0.29, 0.717) is 25.9 Å². The van der Waals surface area contributed by atoms with Gasteiger partial charge in [0.1, 0.15) is 5.69 Å². The number of hydrogen-bond acceptors (Lipinski definition) is 5. The van der Waals surface area contributed by atoms with Crippen molar-refractivity contribution in [1.29, 1.82) is 0 Å². The summed E-state index contributed by atoms with van der Waals surface area (Å²) in [6.45, 7) is 1.08. The zero-order valence-corrected chi connectivity index (χ0v) is 12.0. The third-order valence-corrected chi connectivity index (χ3v) is 4.49. The van der Waals surface area contributed by atoms with Crippen molar-refractivity contribution in [3.05, 3.63) is 28.4 Å². The van der Waals surface area contributed by atoms with E-state index in [4.69, 9.17) is 0 Å². The van der Waals surface area contributed by atoms with Gasteiger partial charge in [0.05, 0.1) is 23.9 Å². The number of piperidine rings is 2. The van der Waals surface area contributed by atoms with Gasteiger partial charge in [-0.2, -0.15) is 0 Å². The number of carbonyl (C=O) groups is 2. The van der Waals surface area contributed by atoms with Gasteiger partial charge in [0.25, 0.3) is 11.5 Å². The van der Waals surface area contributed by atoms with Crippen molar-refractivity contribution in [2.75, 3.05) is 19.6 Å². The lowest BCUT2D eigenvalue weighted by Crippen LogP contribution is -2.62. The lowest BCUT2D eigenvalue weighted by molar-refractivity contribution is -0.147. The quantitative estimate of drug-likeness (QED) is 0.607. The van der Waals surface area contributed by atoms with E-state index in [1.54, 1.807) is 0 Å². The van der Waals surface area contributed by atoms with Crippen molar-refractivity contribution in [2.24, 2.45) is 5.41 Å². The monoisotopic (exact) mass is 306 g/mol. The van der Waals surface area contributed by atoms with Crippen LogP contribution in [0.1, 0.15) is 29.8 Å². The number of aromatic nitrogens is 2. The average Bonchev–Trinajstić information content (AvgIpc) is 2.52. The maximum absolute atomic E-state index is 12.5. The van der Waals surface area contributed by atoms with Crippen LogP contribution < -0.4 is 10.9 Å². The summed E-state index contributed by atoms with van der Waals surface area (Å²) in [4.78, 5) is 43.7. The number of nitrogens with one attached hydrogen (secondary N) is 2. The Labute approximate surface area is 126 Å². The van der Waals surface area contributed by atoms with Crippen LogP contribution in [0.5, 0.6) is 0 Å². The van der Waals surface area contributed by atoms with E-state index in [1.807, 2.05) is 0 Å². The molecule has 0 aliphatic carbocycles. The highest BCUT2D eigenvalue weighted by Crippen LogP contribution is 2.37. The molecule has 8 heteroatoms. The molecule has 0 bridgehead atoms. The number of H-pyrrole nitrogens is 1. The zero-order chi connectivity index (χ0) is 15.7. The first-order valence-electron chi connectivity index (χ1n) is 7.33. The predicted molar refractivity (Wildman–Crippen MR) is 76.1 cm³/mol. The topological polar surface area (TPSA) is 115 Å². The molecular weight excluding hydrogens is 288 g/mol. The largest absolute Gasteiger partial charge is 0.392 e. The molecule has 2 aliphatic heterocycles. The Balaban J connectivity index is 1.85. The van der Waals surface area contributed by atoms with Gasteiger partial charge in [-0.3, -0.25) is 19.4 Å². The second-order valence-corrected chi connectivity index (χ2v) is 5.86. The van der Waals surface area contributed by atoms with E-state index in [0.717, 1.165) is 12.6 Å². The Kier molecular flexibility index (Phi) is 3.69. The van der Waals surface area contributed by atoms with Gasteiger partial charge >= 0.3 is 0 Å². The molecule has 0 aromatic carbocycles. The smallest absolute Gasteiger partial charge is 0.272 e. The molecule has 3 N–H and O–H groups in total. The number of carbonyl (C=O) groups excluding carboxylic acids is 2. The zero-order valence-electron chi connectivity index (χ0n) is 12.0. The van der Waals surface area contributed by atoms with Crippen molar-refractivity contribution >= 4 is 11.8 Å². The lowest BCUT2D eigenvalue weighted by atomic mass is 9.71. The number of aliphatic hydroxyl groups excluding tert-OH is 1. The van der Waals surface area contributed by atoms with E-state index in [-0.39, 0.29) is 24.1 Å². The molecule has 2 fully saturated rings. The highest BCUT2D eigenvalue weighted by molar-refractivity contribution is 5.93. The summed E-state index contributed by atoms with van der Waals surface area (Å²) in [5.41, 5.74) is -1.31. The first-order valence-corrected chi connectivity index (χ1v) is 7.33. The molecule has 3 heterocycles. The molecule has 2 atom stereocenters. The van der Waals surface area contributed by atoms with Crippen LogP contribution in [0.25, 0.3) is 0 Å². The van der Waals surface area contributed by atoms with Crippen LogP contribution in [0.2, 0.25) is 0 Å². The first-order chi connectivity index (χ1) is 10.5. The molecular formula is C14H18N4O4. The highest BCUT2D eigenvalue weighted by Gasteiger charge is 2.50. The van der Waals surface area contributed by atoms with Gasteiger partial charge in [-0.15, -0.1) is 0 Å². The minimum absolute atomic E-state index is 0.0928. The molecule has 1 aromatic heterocycles. The van der Waals surface area contributed by atoms with Gasteiger partial charge in [-0.25, -0.2) is 0 Å². The second-order valence-electron chi connectivity index (χ2n) is 5.86. The first kappa shape index (κ1) is 14.7. The van der Waals surface area contributed by atoms with Gasteiger partial charge in [0, 0.05) is 19.6 Å². The van der Waals surface area contributed by atoms with Crippen molar-refractivity contribution in [1.82, 2.24) is 20.2 Å². The van der Waals surface area contributed by atoms with Gasteiger partial charge in [0.2, 0.25) is 5.91 Å². The van der Waals surface area contributed by atoms with Crippen molar-refractivity contribution in [3.63, 3.8) is 0 Å². The van der Waals surface area contributed by atoms with Gasteiger partial charge in [-0.1, -0.05) is 0 Å². The summed E-state index contributed by atoms with van der Waals surface area (Å²) >= 11 is 0. The second kappa shape index (κ2) is 5.53. The van der Waals surface area contributed by atoms with Crippen molar-refractivity contribution in [2.45, 2.75) is 25.4 Å². The fourth-order valence-electron chi connectivity index (χ4n) is 3.27. The number of aliphatic hydroxyl groups is 1. The highest BCUT2D eigenvalue weighted by atomic mass is 16.3. The van der Waals surface area contributed by atoms with Crippen LogP contribution in [0.4, 0.5) is 0 Å². The summed E-state index contributed by atoms with van der Waals surface area (Å²) in [6, 6.07) is 0. The van der Waals surface area contributed by atoms with Crippen LogP contribution in [0, 0.1) is 5.41 Å². The molecule has 0 radical (unpaired) electrons. The molecule has 1 aromatic rings. The molecule has 0 unspecified atom stereocenters. The van der Waals surface area contributed by atoms with E-state index < -0.39 is 17.1 Å². The minimum atomic E-state index is -0.950. The van der Waals surface area contributed by atoms with E-state index >= 15 is 0 Å². The molecule has 2 aliphatic rings. The number of likely N-dealkylation sites (tertiary alicyclic amines) is 1. The summed E-state index contributed by atoms with van der Waals surface area (Å²) in [5.74, 6) is -0.585. The molecule has 118 valence electrons. The molecule has 8 nitrogen and oxygen atoms in total. The van der Waals surface area contributed by atoms with Gasteiger partial charge in [-0.05, 0) is 19.3 Å².